The summed E-state index contributed by atoms with van der Waals surface area (Å²) < 4.78 is 190. The first-order chi connectivity index (χ1) is 22.4. The van der Waals surface area contributed by atoms with Gasteiger partial charge in [-0.15, -0.1) is 0 Å². The number of hydrogen-bond acceptors (Lipinski definition) is 18. The van der Waals surface area contributed by atoms with Crippen molar-refractivity contribution in [3.63, 3.8) is 0 Å². The van der Waals surface area contributed by atoms with Gasteiger partial charge in [0, 0.05) is 0 Å². The van der Waals surface area contributed by atoms with Gasteiger partial charge in [-0.05, 0) is 0 Å². The van der Waals surface area contributed by atoms with Crippen LogP contribution in [0, 0.1) is 0 Å². The minimum atomic E-state index is -4.67. The summed E-state index contributed by atoms with van der Waals surface area (Å²) >= 11 is 0. The minimum absolute atomic E-state index is 0. The predicted molar refractivity (Wildman–Crippen MR) is 235 cm³/mol. The third-order valence-corrected chi connectivity index (χ3v) is 0. The molecule has 0 spiro atoms. The molecule has 0 aliphatic rings. The summed E-state index contributed by atoms with van der Waals surface area (Å²) in [4.78, 5) is 51.3. The van der Waals surface area contributed by atoms with Crippen LogP contribution in [-0.2, 0) is 62.4 Å². The van der Waals surface area contributed by atoms with Crippen LogP contribution in [0.5, 0.6) is 0 Å². The van der Waals surface area contributed by atoms with Crippen molar-refractivity contribution in [3.8, 4) is 0 Å². The van der Waals surface area contributed by atoms with Crippen molar-refractivity contribution in [2.75, 3.05) is 0 Å². The van der Waals surface area contributed by atoms with Gasteiger partial charge < -0.3 is 61.3 Å². The average molecular weight is 1250 g/mol. The van der Waals surface area contributed by atoms with E-state index < -0.39 is 99.3 Å². The Labute approximate surface area is 635 Å². The predicted octanol–water partition coefficient (Wildman–Crippen LogP) is -10.4. The molecule has 0 aromatic carbocycles. The van der Waals surface area contributed by atoms with Crippen molar-refractivity contribution in [2.45, 2.75) is 0 Å². The summed E-state index contributed by atoms with van der Waals surface area (Å²) in [6, 6.07) is 0. The second kappa shape index (κ2) is 97.4. The molecule has 0 radical (unpaired) electrons. The molecule has 0 amide bonds. The van der Waals surface area contributed by atoms with E-state index in [4.69, 9.17) is 195 Å². The Kier molecular flexibility index (Phi) is 233. The van der Waals surface area contributed by atoms with Crippen molar-refractivity contribution in [2.24, 2.45) is 0 Å². The summed E-state index contributed by atoms with van der Waals surface area (Å²) in [5.41, 5.74) is 0. The molecule has 0 atom stereocenters. The van der Waals surface area contributed by atoms with Crippen molar-refractivity contribution >= 4 is 454 Å². The van der Waals surface area contributed by atoms with Crippen LogP contribution < -0.4 is 0 Å². The number of hydrogen-bond donors (Lipinski definition) is 24. The molecule has 0 fully saturated rings. The van der Waals surface area contributed by atoms with E-state index in [0.717, 1.165) is 0 Å². The molecule has 0 aliphatic carbocycles. The normalized spacial score (nSPS) is 7.45. The number of carboxylic acid groups (broad SMARTS) is 12. The monoisotopic (exact) mass is 1250 g/mol. The van der Waals surface area contributed by atoms with Gasteiger partial charge in [-0.2, -0.15) is 50.5 Å². The first-order valence-corrected chi connectivity index (χ1v) is 16.5. The zero-order valence-electron chi connectivity index (χ0n) is 23.5. The zero-order valence-corrected chi connectivity index (χ0v) is 28.4. The molecule has 24 N–H and O–H groups in total. The van der Waals surface area contributed by atoms with Crippen LogP contribution in [0.4, 0.5) is 28.8 Å². The molecule has 0 unspecified atom stereocenters. The standard InChI is InChI=1S/6CH2O3.12Na.6H2O4S.12H/c6*2-1(3)4;;;;;;;;;;;;;6*1-5(2,3)4;;;;;;;;;;;;/h6*(H2,2,3,4);;;;;;;;;;;;;6*(H2,1,2,3,4);;;;;;;;;;;;. The third-order valence-electron chi connectivity index (χ3n) is 0. The molecular formula is C6H36Na12O42S6. The molecule has 42 nitrogen and oxygen atoms in total. The SMILES string of the molecule is O=C(O)O.O=C(O)O.O=C(O)O.O=C(O)O.O=C(O)O.O=C(O)O.O=S(=O)(O)O.O=S(=O)(O)O.O=S(=O)(O)O.O=S(=O)(O)O.O=S(=O)(O)O.O=S(=O)(O)O.[NaH].[NaH].[NaH].[NaH].[NaH].[NaH].[NaH].[NaH].[NaH].[NaH].[NaH].[NaH]. The van der Waals surface area contributed by atoms with E-state index in [1.807, 2.05) is 0 Å². The van der Waals surface area contributed by atoms with Gasteiger partial charge in [0.15, 0.2) is 0 Å². The second-order valence-electron chi connectivity index (χ2n) is 4.38. The maximum atomic E-state index is 8.74. The molecule has 0 saturated heterocycles. The fourth-order valence-corrected chi connectivity index (χ4v) is 0. The Morgan fingerprint density at radius 1 is 0.167 bits per heavy atom. The van der Waals surface area contributed by atoms with E-state index in [-0.39, 0.29) is 355 Å². The molecular weight excluding hydrogens is 1210 g/mol. The molecule has 0 aliphatic heterocycles. The van der Waals surface area contributed by atoms with E-state index in [9.17, 15) is 0 Å². The third kappa shape index (κ3) is 7390. The number of rotatable bonds is 0. The van der Waals surface area contributed by atoms with Crippen molar-refractivity contribution < 1.29 is 195 Å². The van der Waals surface area contributed by atoms with E-state index in [0.29, 0.717) is 0 Å². The summed E-state index contributed by atoms with van der Waals surface area (Å²) in [7, 11) is -28.0. The van der Waals surface area contributed by atoms with Crippen molar-refractivity contribution in [1.82, 2.24) is 0 Å². The molecule has 0 heterocycles. The Hall–Kier alpha value is 6.84. The van der Waals surface area contributed by atoms with Crippen LogP contribution in [0.2, 0.25) is 0 Å². The van der Waals surface area contributed by atoms with E-state index in [2.05, 4.69) is 0 Å². The number of carbonyl (C=O) groups is 6. The van der Waals surface area contributed by atoms with Crippen LogP contribution in [0.15, 0.2) is 0 Å². The zero-order chi connectivity index (χ0) is 48.5. The summed E-state index contributed by atoms with van der Waals surface area (Å²) in [6.07, 6.45) is -11.0. The topological polar surface area (TPSA) is 793 Å². The van der Waals surface area contributed by atoms with Gasteiger partial charge in [0.1, 0.15) is 0 Å². The van der Waals surface area contributed by atoms with Crippen LogP contribution in [0.25, 0.3) is 0 Å². The Bertz CT molecular complexity index is 1280. The van der Waals surface area contributed by atoms with E-state index in [1.165, 1.54) is 0 Å². The van der Waals surface area contributed by atoms with Gasteiger partial charge in [-0.3, -0.25) is 54.6 Å². The second-order valence-corrected chi connectivity index (χ2v) is 9.76. The molecule has 0 aromatic rings. The molecule has 0 saturated carbocycles. The Morgan fingerprint density at radius 3 is 0.167 bits per heavy atom. The van der Waals surface area contributed by atoms with Crippen molar-refractivity contribution in [3.05, 3.63) is 0 Å². The molecule has 60 heteroatoms. The summed E-state index contributed by atoms with van der Waals surface area (Å²) in [5, 5.41) is 83.7. The quantitative estimate of drug-likeness (QED) is 0.0791. The first kappa shape index (κ1) is 158. The average Bonchev–Trinajstić information content (AvgIpc) is 2.55. The molecule has 360 valence electrons. The van der Waals surface area contributed by atoms with Gasteiger partial charge in [0.05, 0.1) is 0 Å². The van der Waals surface area contributed by atoms with Crippen LogP contribution >= 0.6 is 0 Å². The summed E-state index contributed by atoms with van der Waals surface area (Å²) in [5.74, 6) is 0. The van der Waals surface area contributed by atoms with Gasteiger partial charge >= 0.3 is 454 Å². The Balaban J connectivity index is -0.0000000131. The molecule has 66 heavy (non-hydrogen) atoms. The van der Waals surface area contributed by atoms with Gasteiger partial charge in [-0.25, -0.2) is 28.8 Å². The van der Waals surface area contributed by atoms with E-state index >= 15 is 0 Å². The van der Waals surface area contributed by atoms with Crippen LogP contribution in [0.3, 0.4) is 0 Å². The fraction of sp³-hybridized carbons (Fsp3) is 0. The fourth-order valence-electron chi connectivity index (χ4n) is 0. The first-order valence-electron chi connectivity index (χ1n) is 8.10. The Morgan fingerprint density at radius 2 is 0.167 bits per heavy atom. The summed E-state index contributed by atoms with van der Waals surface area (Å²) in [6.45, 7) is 0. The van der Waals surface area contributed by atoms with E-state index in [1.54, 1.807) is 0 Å². The molecule has 0 aromatic heterocycles. The van der Waals surface area contributed by atoms with Crippen LogP contribution in [-0.4, -0.2) is 558 Å². The van der Waals surface area contributed by atoms with Crippen LogP contribution in [0.1, 0.15) is 0 Å². The van der Waals surface area contributed by atoms with Crippen molar-refractivity contribution in [1.29, 1.82) is 0 Å². The maximum absolute atomic E-state index is 8.74. The van der Waals surface area contributed by atoms with Gasteiger partial charge in [-0.1, -0.05) is 0 Å². The molecule has 0 rings (SSSR count). The molecule has 0 bridgehead atoms. The van der Waals surface area contributed by atoms with Gasteiger partial charge in [0.2, 0.25) is 0 Å². The van der Waals surface area contributed by atoms with Gasteiger partial charge in [0.25, 0.3) is 0 Å².